The second-order valence-electron chi connectivity index (χ2n) is 4.65. The van der Waals surface area contributed by atoms with Crippen molar-refractivity contribution in [3.05, 3.63) is 18.1 Å². The van der Waals surface area contributed by atoms with Crippen LogP contribution in [0.15, 0.2) is 12.4 Å². The standard InChI is InChI=1S/C13H20N2O3/c1-4-5-18-12-7-11(14-8-15-12)10(13(16)17)6-9(2)3/h7-10H,4-6H2,1-3H3,(H,16,17). The lowest BCUT2D eigenvalue weighted by Gasteiger charge is -2.14. The maximum Gasteiger partial charge on any atom is 0.312 e. The van der Waals surface area contributed by atoms with Crippen molar-refractivity contribution in [2.75, 3.05) is 6.61 Å². The first-order valence-corrected chi connectivity index (χ1v) is 6.22. The summed E-state index contributed by atoms with van der Waals surface area (Å²) in [6.45, 7) is 6.55. The number of hydrogen-bond acceptors (Lipinski definition) is 4. The van der Waals surface area contributed by atoms with Crippen molar-refractivity contribution in [2.45, 2.75) is 39.5 Å². The van der Waals surface area contributed by atoms with Crippen LogP contribution in [0.1, 0.15) is 45.2 Å². The van der Waals surface area contributed by atoms with Crippen molar-refractivity contribution in [1.29, 1.82) is 0 Å². The summed E-state index contributed by atoms with van der Waals surface area (Å²) < 4.78 is 5.39. The molecule has 0 aromatic carbocycles. The third kappa shape index (κ3) is 4.31. The number of rotatable bonds is 7. The molecule has 1 rings (SSSR count). The molecule has 18 heavy (non-hydrogen) atoms. The van der Waals surface area contributed by atoms with Crippen LogP contribution >= 0.6 is 0 Å². The van der Waals surface area contributed by atoms with Gasteiger partial charge in [-0.15, -0.1) is 0 Å². The number of ether oxygens (including phenoxy) is 1. The molecule has 5 heteroatoms. The zero-order valence-electron chi connectivity index (χ0n) is 11.1. The van der Waals surface area contributed by atoms with Gasteiger partial charge in [0.15, 0.2) is 0 Å². The molecule has 1 heterocycles. The minimum atomic E-state index is -0.858. The van der Waals surface area contributed by atoms with Gasteiger partial charge in [0, 0.05) is 6.07 Å². The van der Waals surface area contributed by atoms with E-state index < -0.39 is 11.9 Å². The topological polar surface area (TPSA) is 72.3 Å². The number of carboxylic acid groups (broad SMARTS) is 1. The number of nitrogens with zero attached hydrogens (tertiary/aromatic N) is 2. The molecule has 1 N–H and O–H groups in total. The van der Waals surface area contributed by atoms with Gasteiger partial charge in [-0.2, -0.15) is 0 Å². The van der Waals surface area contributed by atoms with Crippen LogP contribution in [0.4, 0.5) is 0 Å². The fraction of sp³-hybridized carbons (Fsp3) is 0.615. The summed E-state index contributed by atoms with van der Waals surface area (Å²) in [4.78, 5) is 19.3. The first-order valence-electron chi connectivity index (χ1n) is 6.22. The van der Waals surface area contributed by atoms with E-state index in [0.717, 1.165) is 6.42 Å². The normalized spacial score (nSPS) is 12.4. The monoisotopic (exact) mass is 252 g/mol. The molecule has 0 radical (unpaired) electrons. The van der Waals surface area contributed by atoms with Gasteiger partial charge in [0.1, 0.15) is 6.33 Å². The Labute approximate surface area is 107 Å². The Morgan fingerprint density at radius 3 is 2.72 bits per heavy atom. The average molecular weight is 252 g/mol. The number of carbonyl (C=O) groups is 1. The van der Waals surface area contributed by atoms with Gasteiger partial charge >= 0.3 is 5.97 Å². The molecular formula is C13H20N2O3. The summed E-state index contributed by atoms with van der Waals surface area (Å²) in [5.74, 6) is -0.723. The smallest absolute Gasteiger partial charge is 0.312 e. The lowest BCUT2D eigenvalue weighted by molar-refractivity contribution is -0.139. The fourth-order valence-corrected chi connectivity index (χ4v) is 1.65. The van der Waals surface area contributed by atoms with Crippen LogP contribution in [0, 0.1) is 5.92 Å². The Kier molecular flexibility index (Phi) is 5.55. The Morgan fingerprint density at radius 1 is 1.44 bits per heavy atom. The molecule has 1 aromatic rings. The Morgan fingerprint density at radius 2 is 2.17 bits per heavy atom. The second kappa shape index (κ2) is 6.93. The van der Waals surface area contributed by atoms with E-state index in [1.807, 2.05) is 20.8 Å². The van der Waals surface area contributed by atoms with Crippen molar-refractivity contribution >= 4 is 5.97 Å². The molecule has 5 nitrogen and oxygen atoms in total. The summed E-state index contributed by atoms with van der Waals surface area (Å²) in [6.07, 6.45) is 2.80. The zero-order valence-corrected chi connectivity index (χ0v) is 11.1. The summed E-state index contributed by atoms with van der Waals surface area (Å²) in [5, 5.41) is 9.24. The highest BCUT2D eigenvalue weighted by atomic mass is 16.5. The van der Waals surface area contributed by atoms with Crippen molar-refractivity contribution < 1.29 is 14.6 Å². The second-order valence-corrected chi connectivity index (χ2v) is 4.65. The van der Waals surface area contributed by atoms with E-state index in [4.69, 9.17) is 4.74 Å². The van der Waals surface area contributed by atoms with Gasteiger partial charge in [-0.3, -0.25) is 4.79 Å². The Hall–Kier alpha value is -1.65. The molecule has 0 bridgehead atoms. The van der Waals surface area contributed by atoms with Crippen LogP contribution in [-0.2, 0) is 4.79 Å². The SMILES string of the molecule is CCCOc1cc(C(CC(C)C)C(=O)O)ncn1. The van der Waals surface area contributed by atoms with Gasteiger partial charge in [-0.05, 0) is 18.8 Å². The third-order valence-electron chi connectivity index (χ3n) is 2.48. The van der Waals surface area contributed by atoms with Crippen LogP contribution in [0.25, 0.3) is 0 Å². The van der Waals surface area contributed by atoms with Gasteiger partial charge in [0.2, 0.25) is 5.88 Å². The minimum Gasteiger partial charge on any atom is -0.481 e. The largest absolute Gasteiger partial charge is 0.481 e. The summed E-state index contributed by atoms with van der Waals surface area (Å²) in [6, 6.07) is 1.62. The van der Waals surface area contributed by atoms with Crippen molar-refractivity contribution in [3.8, 4) is 5.88 Å². The highest BCUT2D eigenvalue weighted by molar-refractivity contribution is 5.75. The lowest BCUT2D eigenvalue weighted by atomic mass is 9.94. The molecule has 0 aliphatic rings. The molecule has 0 aliphatic carbocycles. The van der Waals surface area contributed by atoms with E-state index >= 15 is 0 Å². The molecule has 0 spiro atoms. The first kappa shape index (κ1) is 14.4. The van der Waals surface area contributed by atoms with E-state index in [-0.39, 0.29) is 0 Å². The molecule has 0 saturated heterocycles. The van der Waals surface area contributed by atoms with Gasteiger partial charge < -0.3 is 9.84 Å². The predicted octanol–water partition coefficient (Wildman–Crippen LogP) is 2.48. The van der Waals surface area contributed by atoms with Crippen molar-refractivity contribution in [1.82, 2.24) is 9.97 Å². The van der Waals surface area contributed by atoms with Crippen LogP contribution in [-0.4, -0.2) is 27.7 Å². The quantitative estimate of drug-likeness (QED) is 0.807. The van der Waals surface area contributed by atoms with Gasteiger partial charge in [0.25, 0.3) is 0 Å². The van der Waals surface area contributed by atoms with E-state index in [1.165, 1.54) is 6.33 Å². The van der Waals surface area contributed by atoms with E-state index in [9.17, 15) is 9.90 Å². The molecule has 0 fully saturated rings. The van der Waals surface area contributed by atoms with Crippen LogP contribution in [0.5, 0.6) is 5.88 Å². The molecule has 100 valence electrons. The van der Waals surface area contributed by atoms with Crippen molar-refractivity contribution in [3.63, 3.8) is 0 Å². The first-order chi connectivity index (χ1) is 8.54. The molecular weight excluding hydrogens is 232 g/mol. The zero-order chi connectivity index (χ0) is 13.5. The molecule has 0 aliphatic heterocycles. The average Bonchev–Trinajstić information content (AvgIpc) is 2.33. The fourth-order valence-electron chi connectivity index (χ4n) is 1.65. The number of aromatic nitrogens is 2. The van der Waals surface area contributed by atoms with Gasteiger partial charge in [-0.1, -0.05) is 20.8 Å². The van der Waals surface area contributed by atoms with E-state index in [2.05, 4.69) is 9.97 Å². The van der Waals surface area contributed by atoms with Crippen molar-refractivity contribution in [2.24, 2.45) is 5.92 Å². The number of carboxylic acids is 1. The number of hydrogen-bond donors (Lipinski definition) is 1. The Bertz CT molecular complexity index is 394. The van der Waals surface area contributed by atoms with E-state index in [0.29, 0.717) is 30.5 Å². The van der Waals surface area contributed by atoms with E-state index in [1.54, 1.807) is 6.07 Å². The number of aliphatic carboxylic acids is 1. The van der Waals surface area contributed by atoms with Crippen LogP contribution < -0.4 is 4.74 Å². The third-order valence-corrected chi connectivity index (χ3v) is 2.48. The predicted molar refractivity (Wildman–Crippen MR) is 67.6 cm³/mol. The molecule has 0 amide bonds. The molecule has 1 unspecified atom stereocenters. The Balaban J connectivity index is 2.87. The molecule has 0 saturated carbocycles. The minimum absolute atomic E-state index is 0.293. The summed E-state index contributed by atoms with van der Waals surface area (Å²) in [7, 11) is 0. The summed E-state index contributed by atoms with van der Waals surface area (Å²) >= 11 is 0. The highest BCUT2D eigenvalue weighted by Gasteiger charge is 2.23. The summed E-state index contributed by atoms with van der Waals surface area (Å²) in [5.41, 5.74) is 0.511. The molecule has 1 aromatic heterocycles. The molecule has 1 atom stereocenters. The maximum atomic E-state index is 11.3. The van der Waals surface area contributed by atoms with Crippen LogP contribution in [0.2, 0.25) is 0 Å². The van der Waals surface area contributed by atoms with Crippen LogP contribution in [0.3, 0.4) is 0 Å². The highest BCUT2D eigenvalue weighted by Crippen LogP contribution is 2.24. The maximum absolute atomic E-state index is 11.3. The lowest BCUT2D eigenvalue weighted by Crippen LogP contribution is -2.16. The van der Waals surface area contributed by atoms with Gasteiger partial charge in [-0.25, -0.2) is 9.97 Å². The van der Waals surface area contributed by atoms with Gasteiger partial charge in [0.05, 0.1) is 18.2 Å².